The van der Waals surface area contributed by atoms with E-state index in [1.165, 1.54) is 0 Å². The van der Waals surface area contributed by atoms with Gasteiger partial charge in [-0.1, -0.05) is 19.8 Å². The Morgan fingerprint density at radius 1 is 1.17 bits per heavy atom. The molecular weight excluding hydrogens is 288 g/mol. The van der Waals surface area contributed by atoms with Gasteiger partial charge in [-0.2, -0.15) is 4.98 Å². The zero-order chi connectivity index (χ0) is 16.8. The molecule has 2 aromatic rings. The molecule has 0 fully saturated rings. The van der Waals surface area contributed by atoms with Gasteiger partial charge in [0, 0.05) is 18.5 Å². The van der Waals surface area contributed by atoms with E-state index in [1.807, 2.05) is 12.1 Å². The summed E-state index contributed by atoms with van der Waals surface area (Å²) in [6.45, 7) is 7.92. The van der Waals surface area contributed by atoms with Crippen LogP contribution < -0.4 is 15.4 Å². The molecule has 5 nitrogen and oxygen atoms in total. The molecule has 0 unspecified atom stereocenters. The van der Waals surface area contributed by atoms with Crippen LogP contribution in [0.3, 0.4) is 0 Å². The van der Waals surface area contributed by atoms with Crippen molar-refractivity contribution in [2.45, 2.75) is 33.6 Å². The highest BCUT2D eigenvalue weighted by molar-refractivity contribution is 5.91. The summed E-state index contributed by atoms with van der Waals surface area (Å²) in [4.78, 5) is 11.4. The first-order valence-corrected chi connectivity index (χ1v) is 7.97. The maximum Gasteiger partial charge on any atom is 0.227 e. The van der Waals surface area contributed by atoms with Crippen molar-refractivity contribution in [3.63, 3.8) is 0 Å². The van der Waals surface area contributed by atoms with E-state index in [2.05, 4.69) is 35.6 Å². The molecule has 0 aliphatic carbocycles. The van der Waals surface area contributed by atoms with Crippen LogP contribution in [0.2, 0.25) is 0 Å². The molecule has 1 aromatic heterocycles. The van der Waals surface area contributed by atoms with Crippen molar-refractivity contribution in [3.8, 4) is 17.6 Å². The number of methoxy groups -OCH3 is 1. The zero-order valence-corrected chi connectivity index (χ0v) is 14.3. The van der Waals surface area contributed by atoms with Gasteiger partial charge in [0.1, 0.15) is 11.6 Å². The van der Waals surface area contributed by atoms with E-state index in [-0.39, 0.29) is 0 Å². The summed E-state index contributed by atoms with van der Waals surface area (Å²) < 4.78 is 5.39. The summed E-state index contributed by atoms with van der Waals surface area (Å²) in [5, 5.41) is 0.792. The SMILES string of the molecule is CC#Cc1cc2nc(N(CCC)CCC)nc(N)c2cc1OC. The molecule has 5 heteroatoms. The molecule has 0 spiro atoms. The molecule has 0 radical (unpaired) electrons. The normalized spacial score (nSPS) is 10.3. The molecule has 0 aliphatic rings. The van der Waals surface area contributed by atoms with Crippen LogP contribution in [0.1, 0.15) is 39.2 Å². The van der Waals surface area contributed by atoms with Crippen LogP contribution in [0, 0.1) is 11.8 Å². The average molecular weight is 312 g/mol. The van der Waals surface area contributed by atoms with Crippen molar-refractivity contribution in [2.24, 2.45) is 0 Å². The molecule has 2 N–H and O–H groups in total. The van der Waals surface area contributed by atoms with Crippen molar-refractivity contribution in [1.82, 2.24) is 9.97 Å². The number of hydrogen-bond acceptors (Lipinski definition) is 5. The Bertz CT molecular complexity index is 740. The number of nitrogens with zero attached hydrogens (tertiary/aromatic N) is 3. The Hall–Kier alpha value is -2.48. The van der Waals surface area contributed by atoms with Crippen LogP contribution in [0.25, 0.3) is 10.9 Å². The van der Waals surface area contributed by atoms with E-state index in [1.54, 1.807) is 14.0 Å². The highest BCUT2D eigenvalue weighted by atomic mass is 16.5. The molecule has 1 aromatic carbocycles. The Balaban J connectivity index is 2.60. The van der Waals surface area contributed by atoms with Gasteiger partial charge in [-0.05, 0) is 31.9 Å². The predicted molar refractivity (Wildman–Crippen MR) is 95.8 cm³/mol. The molecule has 0 saturated heterocycles. The van der Waals surface area contributed by atoms with Gasteiger partial charge in [0.15, 0.2) is 0 Å². The number of aromatic nitrogens is 2. The van der Waals surface area contributed by atoms with Crippen molar-refractivity contribution in [3.05, 3.63) is 17.7 Å². The van der Waals surface area contributed by atoms with E-state index >= 15 is 0 Å². The van der Waals surface area contributed by atoms with Crippen molar-refractivity contribution >= 4 is 22.7 Å². The summed E-state index contributed by atoms with van der Waals surface area (Å²) in [6.07, 6.45) is 2.08. The first-order valence-electron chi connectivity index (χ1n) is 7.97. The van der Waals surface area contributed by atoms with Gasteiger partial charge in [0.2, 0.25) is 5.95 Å². The molecule has 1 heterocycles. The molecule has 122 valence electrons. The number of anilines is 2. The second-order valence-corrected chi connectivity index (χ2v) is 5.34. The van der Waals surface area contributed by atoms with E-state index < -0.39 is 0 Å². The van der Waals surface area contributed by atoms with E-state index in [0.717, 1.165) is 42.4 Å². The molecule has 0 amide bonds. The molecule has 23 heavy (non-hydrogen) atoms. The third-order valence-electron chi connectivity index (χ3n) is 3.56. The Morgan fingerprint density at radius 3 is 2.43 bits per heavy atom. The smallest absolute Gasteiger partial charge is 0.227 e. The van der Waals surface area contributed by atoms with Gasteiger partial charge in [-0.15, -0.1) is 5.92 Å². The minimum atomic E-state index is 0.469. The highest BCUT2D eigenvalue weighted by Gasteiger charge is 2.14. The molecule has 0 atom stereocenters. The number of ether oxygens (including phenoxy) is 1. The predicted octanol–water partition coefficient (Wildman–Crippen LogP) is 3.22. The first-order chi connectivity index (χ1) is 11.1. The van der Waals surface area contributed by atoms with Crippen molar-refractivity contribution < 1.29 is 4.74 Å². The van der Waals surface area contributed by atoms with Crippen LogP contribution in [0.4, 0.5) is 11.8 Å². The fraction of sp³-hybridized carbons (Fsp3) is 0.444. The van der Waals surface area contributed by atoms with Crippen LogP contribution in [-0.2, 0) is 0 Å². The molecular formula is C18H24N4O. The minimum absolute atomic E-state index is 0.469. The minimum Gasteiger partial charge on any atom is -0.495 e. The Labute approximate surface area is 137 Å². The number of rotatable bonds is 6. The maximum atomic E-state index is 6.17. The maximum absolute atomic E-state index is 6.17. The molecule has 2 rings (SSSR count). The third-order valence-corrected chi connectivity index (χ3v) is 3.56. The number of fused-ring (bicyclic) bond motifs is 1. The number of benzene rings is 1. The van der Waals surface area contributed by atoms with Crippen molar-refractivity contribution in [1.29, 1.82) is 0 Å². The average Bonchev–Trinajstić information content (AvgIpc) is 2.54. The molecule has 0 bridgehead atoms. The molecule has 0 saturated carbocycles. The van der Waals surface area contributed by atoms with E-state index in [9.17, 15) is 0 Å². The number of nitrogen functional groups attached to an aromatic ring is 1. The second kappa shape index (κ2) is 7.68. The van der Waals surface area contributed by atoms with Crippen molar-refractivity contribution in [2.75, 3.05) is 30.8 Å². The highest BCUT2D eigenvalue weighted by Crippen LogP contribution is 2.29. The summed E-state index contributed by atoms with van der Waals surface area (Å²) in [5.74, 6) is 7.79. The van der Waals surface area contributed by atoms with Gasteiger partial charge in [-0.25, -0.2) is 4.98 Å². The Morgan fingerprint density at radius 2 is 1.87 bits per heavy atom. The lowest BCUT2D eigenvalue weighted by Gasteiger charge is -2.22. The van der Waals surface area contributed by atoms with E-state index in [0.29, 0.717) is 17.5 Å². The number of hydrogen-bond donors (Lipinski definition) is 1. The monoisotopic (exact) mass is 312 g/mol. The van der Waals surface area contributed by atoms with Gasteiger partial charge in [0.25, 0.3) is 0 Å². The largest absolute Gasteiger partial charge is 0.495 e. The lowest BCUT2D eigenvalue weighted by molar-refractivity contribution is 0.414. The molecule has 0 aliphatic heterocycles. The quantitative estimate of drug-likeness (QED) is 0.830. The summed E-state index contributed by atoms with van der Waals surface area (Å²) in [7, 11) is 1.62. The van der Waals surface area contributed by atoms with Gasteiger partial charge in [-0.3, -0.25) is 0 Å². The van der Waals surface area contributed by atoms with Crippen LogP contribution in [-0.4, -0.2) is 30.2 Å². The fourth-order valence-electron chi connectivity index (χ4n) is 2.56. The Kier molecular flexibility index (Phi) is 5.64. The first kappa shape index (κ1) is 16.9. The summed E-state index contributed by atoms with van der Waals surface area (Å²) in [5.41, 5.74) is 7.77. The second-order valence-electron chi connectivity index (χ2n) is 5.34. The zero-order valence-electron chi connectivity index (χ0n) is 14.3. The van der Waals surface area contributed by atoms with Crippen LogP contribution in [0.15, 0.2) is 12.1 Å². The topological polar surface area (TPSA) is 64.3 Å². The van der Waals surface area contributed by atoms with Gasteiger partial charge in [0.05, 0.1) is 18.2 Å². The third kappa shape index (κ3) is 3.65. The fourth-order valence-corrected chi connectivity index (χ4v) is 2.56. The lowest BCUT2D eigenvalue weighted by Crippen LogP contribution is -2.27. The van der Waals surface area contributed by atoms with E-state index in [4.69, 9.17) is 15.5 Å². The van der Waals surface area contributed by atoms with Gasteiger partial charge < -0.3 is 15.4 Å². The lowest BCUT2D eigenvalue weighted by atomic mass is 10.1. The van der Waals surface area contributed by atoms with Crippen LogP contribution in [0.5, 0.6) is 5.75 Å². The van der Waals surface area contributed by atoms with Gasteiger partial charge >= 0.3 is 0 Å². The summed E-state index contributed by atoms with van der Waals surface area (Å²) in [6, 6.07) is 3.78. The standard InChI is InChI=1S/C18H24N4O/c1-5-8-13-11-15-14(12-16(13)23-4)17(19)21-18(20-15)22(9-6-2)10-7-3/h11-12H,6-7,9-10H2,1-4H3,(H2,19,20,21). The van der Waals surface area contributed by atoms with Crippen LogP contribution >= 0.6 is 0 Å². The number of nitrogens with two attached hydrogens (primary N) is 1. The summed E-state index contributed by atoms with van der Waals surface area (Å²) >= 11 is 0.